The van der Waals surface area contributed by atoms with Gasteiger partial charge in [0.2, 0.25) is 0 Å². The number of fused-ring (bicyclic) bond motifs is 1. The van der Waals surface area contributed by atoms with Crippen molar-refractivity contribution in [2.75, 3.05) is 0 Å². The molecule has 2 aromatic carbocycles. The fourth-order valence-corrected chi connectivity index (χ4v) is 3.45. The van der Waals surface area contributed by atoms with Gasteiger partial charge in [-0.1, -0.05) is 42.5 Å². The molecule has 0 spiro atoms. The Morgan fingerprint density at radius 1 is 1.04 bits per heavy atom. The summed E-state index contributed by atoms with van der Waals surface area (Å²) in [5.74, 6) is -0.354. The standard InChI is InChI=1S/C21H18N2O4/c1-13-8-9-16-14(11-18(24)27-17(16)10-13)12-23-19(25)21(2,22-20(23)26)15-6-4-3-5-7-15/h3-11H,12H2,1-2H3,(H,22,26)/t21-/m1/s1. The van der Waals surface area contributed by atoms with Crippen LogP contribution in [-0.4, -0.2) is 16.8 Å². The van der Waals surface area contributed by atoms with Crippen LogP contribution in [0.2, 0.25) is 0 Å². The minimum absolute atomic E-state index is 0.00173. The molecule has 1 aliphatic heterocycles. The zero-order valence-electron chi connectivity index (χ0n) is 15.0. The number of urea groups is 1. The molecular weight excluding hydrogens is 344 g/mol. The van der Waals surface area contributed by atoms with Crippen molar-refractivity contribution in [2.45, 2.75) is 25.9 Å². The normalized spacial score (nSPS) is 19.6. The van der Waals surface area contributed by atoms with E-state index in [4.69, 9.17) is 4.42 Å². The third kappa shape index (κ3) is 2.79. The third-order valence-corrected chi connectivity index (χ3v) is 4.94. The molecule has 3 aromatic rings. The topological polar surface area (TPSA) is 79.6 Å². The zero-order valence-corrected chi connectivity index (χ0v) is 15.0. The molecule has 6 nitrogen and oxygen atoms in total. The highest BCUT2D eigenvalue weighted by molar-refractivity contribution is 6.07. The highest BCUT2D eigenvalue weighted by atomic mass is 16.4. The molecule has 1 fully saturated rings. The molecule has 2 heterocycles. The van der Waals surface area contributed by atoms with Crippen molar-refractivity contribution in [2.24, 2.45) is 0 Å². The molecule has 1 aliphatic rings. The van der Waals surface area contributed by atoms with Gasteiger partial charge in [0.15, 0.2) is 0 Å². The van der Waals surface area contributed by atoms with Crippen molar-refractivity contribution in [1.29, 1.82) is 0 Å². The van der Waals surface area contributed by atoms with Crippen molar-refractivity contribution in [3.8, 4) is 0 Å². The first-order chi connectivity index (χ1) is 12.9. The Labute approximate surface area is 155 Å². The summed E-state index contributed by atoms with van der Waals surface area (Å²) in [7, 11) is 0. The number of hydrogen-bond acceptors (Lipinski definition) is 4. The van der Waals surface area contributed by atoms with E-state index in [1.165, 1.54) is 6.07 Å². The molecule has 1 N–H and O–H groups in total. The van der Waals surface area contributed by atoms with Gasteiger partial charge >= 0.3 is 11.7 Å². The molecule has 0 bridgehead atoms. The molecule has 1 aromatic heterocycles. The number of imide groups is 1. The molecule has 0 aliphatic carbocycles. The van der Waals surface area contributed by atoms with E-state index in [0.717, 1.165) is 10.5 Å². The molecule has 3 amide bonds. The highest BCUT2D eigenvalue weighted by Gasteiger charge is 2.48. The number of nitrogens with zero attached hydrogens (tertiary/aromatic N) is 1. The molecule has 136 valence electrons. The predicted molar refractivity (Wildman–Crippen MR) is 100 cm³/mol. The van der Waals surface area contributed by atoms with Crippen molar-refractivity contribution < 1.29 is 14.0 Å². The van der Waals surface area contributed by atoms with E-state index in [0.29, 0.717) is 22.1 Å². The van der Waals surface area contributed by atoms with Gasteiger partial charge in [-0.2, -0.15) is 0 Å². The van der Waals surface area contributed by atoms with E-state index in [1.54, 1.807) is 25.1 Å². The maximum atomic E-state index is 13.1. The molecule has 1 saturated heterocycles. The van der Waals surface area contributed by atoms with Crippen LogP contribution in [0.3, 0.4) is 0 Å². The number of aryl methyl sites for hydroxylation is 1. The van der Waals surface area contributed by atoms with E-state index < -0.39 is 17.2 Å². The number of amides is 3. The highest BCUT2D eigenvalue weighted by Crippen LogP contribution is 2.30. The average Bonchev–Trinajstić information content (AvgIpc) is 2.86. The second-order valence-corrected chi connectivity index (χ2v) is 6.90. The minimum Gasteiger partial charge on any atom is -0.423 e. The fourth-order valence-electron chi connectivity index (χ4n) is 3.45. The quantitative estimate of drug-likeness (QED) is 0.574. The van der Waals surface area contributed by atoms with Crippen LogP contribution in [0.15, 0.2) is 63.8 Å². The lowest BCUT2D eigenvalue weighted by atomic mass is 9.92. The average molecular weight is 362 g/mol. The Hall–Kier alpha value is -3.41. The summed E-state index contributed by atoms with van der Waals surface area (Å²) >= 11 is 0. The van der Waals surface area contributed by atoms with Crippen molar-refractivity contribution in [3.63, 3.8) is 0 Å². The number of nitrogens with one attached hydrogen (secondary N) is 1. The van der Waals surface area contributed by atoms with Crippen molar-refractivity contribution in [3.05, 3.63) is 81.7 Å². The Balaban J connectivity index is 1.74. The molecular formula is C21H18N2O4. The second-order valence-electron chi connectivity index (χ2n) is 6.90. The van der Waals surface area contributed by atoms with Crippen LogP contribution in [0.1, 0.15) is 23.6 Å². The molecule has 0 saturated carbocycles. The smallest absolute Gasteiger partial charge is 0.336 e. The number of hydrogen-bond donors (Lipinski definition) is 1. The van der Waals surface area contributed by atoms with E-state index in [2.05, 4.69) is 5.32 Å². The van der Waals surface area contributed by atoms with Crippen molar-refractivity contribution >= 4 is 22.9 Å². The number of benzene rings is 2. The Morgan fingerprint density at radius 2 is 1.78 bits per heavy atom. The molecule has 1 atom stereocenters. The Kier molecular flexibility index (Phi) is 3.84. The maximum absolute atomic E-state index is 13.1. The molecule has 4 rings (SSSR count). The molecule has 27 heavy (non-hydrogen) atoms. The first-order valence-corrected chi connectivity index (χ1v) is 8.61. The lowest BCUT2D eigenvalue weighted by molar-refractivity contribution is -0.131. The van der Waals surface area contributed by atoms with Crippen LogP contribution >= 0.6 is 0 Å². The van der Waals surface area contributed by atoms with Gasteiger partial charge in [0, 0.05) is 11.5 Å². The van der Waals surface area contributed by atoms with Crippen LogP contribution in [0.25, 0.3) is 11.0 Å². The van der Waals surface area contributed by atoms with Gasteiger partial charge < -0.3 is 9.73 Å². The van der Waals surface area contributed by atoms with Gasteiger partial charge in [-0.05, 0) is 36.6 Å². The van der Waals surface area contributed by atoms with Crippen LogP contribution in [0.4, 0.5) is 4.79 Å². The number of rotatable bonds is 3. The SMILES string of the molecule is Cc1ccc2c(CN3C(=O)N[C@](C)(c4ccccc4)C3=O)cc(=O)oc2c1. The summed E-state index contributed by atoms with van der Waals surface area (Å²) in [5, 5.41) is 3.48. The summed E-state index contributed by atoms with van der Waals surface area (Å²) in [4.78, 5) is 38.7. The van der Waals surface area contributed by atoms with E-state index in [1.807, 2.05) is 37.3 Å². The van der Waals surface area contributed by atoms with Crippen LogP contribution in [-0.2, 0) is 16.9 Å². The molecule has 0 radical (unpaired) electrons. The van der Waals surface area contributed by atoms with E-state index >= 15 is 0 Å². The predicted octanol–water partition coefficient (Wildman–Crippen LogP) is 3.07. The number of carbonyl (C=O) groups is 2. The lowest BCUT2D eigenvalue weighted by Gasteiger charge is -2.22. The number of carbonyl (C=O) groups excluding carboxylic acids is 2. The molecule has 0 unspecified atom stereocenters. The van der Waals surface area contributed by atoms with Gasteiger partial charge in [-0.25, -0.2) is 9.59 Å². The second kappa shape index (κ2) is 6.09. The first kappa shape index (κ1) is 17.0. The Bertz CT molecular complexity index is 1120. The van der Waals surface area contributed by atoms with Crippen LogP contribution in [0.5, 0.6) is 0 Å². The third-order valence-electron chi connectivity index (χ3n) is 4.94. The van der Waals surface area contributed by atoms with Gasteiger partial charge in [0.1, 0.15) is 11.1 Å². The van der Waals surface area contributed by atoms with E-state index in [9.17, 15) is 14.4 Å². The van der Waals surface area contributed by atoms with Gasteiger partial charge in [0.05, 0.1) is 6.54 Å². The Morgan fingerprint density at radius 3 is 2.52 bits per heavy atom. The van der Waals surface area contributed by atoms with Crippen LogP contribution < -0.4 is 10.9 Å². The van der Waals surface area contributed by atoms with Crippen molar-refractivity contribution in [1.82, 2.24) is 10.2 Å². The summed E-state index contributed by atoms with van der Waals surface area (Å²) in [5.41, 5.74) is 1.02. The minimum atomic E-state index is -1.13. The van der Waals surface area contributed by atoms with Crippen LogP contribution in [0, 0.1) is 6.92 Å². The maximum Gasteiger partial charge on any atom is 0.336 e. The summed E-state index contributed by atoms with van der Waals surface area (Å²) in [6.07, 6.45) is 0. The van der Waals surface area contributed by atoms with Gasteiger partial charge in [0.25, 0.3) is 5.91 Å². The summed E-state index contributed by atoms with van der Waals surface area (Å²) in [6.45, 7) is 3.58. The first-order valence-electron chi connectivity index (χ1n) is 8.61. The zero-order chi connectivity index (χ0) is 19.2. The van der Waals surface area contributed by atoms with Gasteiger partial charge in [-0.15, -0.1) is 0 Å². The van der Waals surface area contributed by atoms with E-state index in [-0.39, 0.29) is 12.5 Å². The summed E-state index contributed by atoms with van der Waals surface area (Å²) in [6, 6.07) is 15.4. The van der Waals surface area contributed by atoms with Gasteiger partial charge in [-0.3, -0.25) is 9.69 Å². The lowest BCUT2D eigenvalue weighted by Crippen LogP contribution is -2.40. The largest absolute Gasteiger partial charge is 0.423 e. The molecule has 6 heteroatoms. The summed E-state index contributed by atoms with van der Waals surface area (Å²) < 4.78 is 5.25. The fraction of sp³-hybridized carbons (Fsp3) is 0.190. The monoisotopic (exact) mass is 362 g/mol.